The van der Waals surface area contributed by atoms with Crippen molar-refractivity contribution >= 4 is 8.32 Å². The van der Waals surface area contributed by atoms with Gasteiger partial charge in [-0.1, -0.05) is 74.4 Å². The first-order valence-corrected chi connectivity index (χ1v) is 17.3. The smallest absolute Gasteiger partial charge is 0.200 e. The summed E-state index contributed by atoms with van der Waals surface area (Å²) in [6.07, 6.45) is 0.0455. The number of hydrogen-bond donors (Lipinski definition) is 1. The Morgan fingerprint density at radius 2 is 1.52 bits per heavy atom. The monoisotopic (exact) mass is 580 g/mol. The van der Waals surface area contributed by atoms with Crippen molar-refractivity contribution in [2.75, 3.05) is 33.5 Å². The number of aliphatic hydroxyl groups excluding tert-OH is 1. The van der Waals surface area contributed by atoms with Crippen molar-refractivity contribution in [3.8, 4) is 5.75 Å². The Labute approximate surface area is 244 Å². The summed E-state index contributed by atoms with van der Waals surface area (Å²) in [5.74, 6) is 0.821. The van der Waals surface area contributed by atoms with E-state index in [2.05, 4.69) is 62.3 Å². The molecule has 0 unspecified atom stereocenters. The minimum Gasteiger partial charge on any atom is -0.497 e. The molecule has 2 aliphatic heterocycles. The predicted molar refractivity (Wildman–Crippen MR) is 161 cm³/mol. The molecule has 7 nitrogen and oxygen atoms in total. The predicted octanol–water partition coefficient (Wildman–Crippen LogP) is 6.72. The van der Waals surface area contributed by atoms with Crippen LogP contribution in [-0.2, 0) is 30.0 Å². The average Bonchev–Trinajstić information content (AvgIpc) is 2.90. The second-order valence-corrected chi connectivity index (χ2v) is 19.3. The van der Waals surface area contributed by atoms with Crippen molar-refractivity contribution in [1.29, 1.82) is 0 Å². The highest BCUT2D eigenvalue weighted by atomic mass is 28.4. The van der Waals surface area contributed by atoms with E-state index >= 15 is 0 Å². The molecule has 40 heavy (non-hydrogen) atoms. The van der Waals surface area contributed by atoms with Crippen LogP contribution in [0.15, 0.2) is 24.3 Å². The van der Waals surface area contributed by atoms with Crippen LogP contribution in [0, 0.1) is 10.8 Å². The maximum absolute atomic E-state index is 10.2. The molecular weight excluding hydrogens is 524 g/mol. The Bertz CT molecular complexity index is 871. The first kappa shape index (κ1) is 33.5. The van der Waals surface area contributed by atoms with Crippen LogP contribution >= 0.6 is 0 Å². The fourth-order valence-corrected chi connectivity index (χ4v) is 12.3. The lowest BCUT2D eigenvalue weighted by Gasteiger charge is -2.52. The van der Waals surface area contributed by atoms with Gasteiger partial charge in [0.15, 0.2) is 14.6 Å². The Morgan fingerprint density at radius 1 is 0.950 bits per heavy atom. The molecule has 2 fully saturated rings. The van der Waals surface area contributed by atoms with Crippen LogP contribution in [0.25, 0.3) is 0 Å². The molecule has 230 valence electrons. The molecule has 0 amide bonds. The van der Waals surface area contributed by atoms with Gasteiger partial charge in [-0.3, -0.25) is 0 Å². The molecule has 1 aromatic rings. The Balaban J connectivity index is 1.90. The van der Waals surface area contributed by atoms with Gasteiger partial charge >= 0.3 is 0 Å². The van der Waals surface area contributed by atoms with Crippen molar-refractivity contribution in [2.24, 2.45) is 10.8 Å². The lowest BCUT2D eigenvalue weighted by atomic mass is 9.73. The molecule has 0 radical (unpaired) electrons. The average molecular weight is 581 g/mol. The lowest BCUT2D eigenvalue weighted by Crippen LogP contribution is -2.59. The number of ether oxygens (including phenoxy) is 5. The summed E-state index contributed by atoms with van der Waals surface area (Å²) in [4.78, 5) is 0. The van der Waals surface area contributed by atoms with Crippen molar-refractivity contribution in [3.63, 3.8) is 0 Å². The number of aliphatic hydroxyl groups is 1. The molecule has 2 saturated heterocycles. The zero-order valence-electron chi connectivity index (χ0n) is 26.7. The summed E-state index contributed by atoms with van der Waals surface area (Å²) < 4.78 is 38.1. The van der Waals surface area contributed by atoms with Gasteiger partial charge in [-0.25, -0.2) is 0 Å². The minimum atomic E-state index is -2.15. The van der Waals surface area contributed by atoms with Gasteiger partial charge < -0.3 is 33.2 Å². The minimum absolute atomic E-state index is 0.00895. The van der Waals surface area contributed by atoms with Gasteiger partial charge in [0.2, 0.25) is 0 Å². The SMILES string of the molecule is COc1ccc(CO[C@H]2C[C@H](CO)O[C@H](CC3OCC(C)(C)CO3)[C@@]2(C)CO[Si](C(C)C)(C(C)C)C(C)C)cc1. The quantitative estimate of drug-likeness (QED) is 0.260. The normalized spacial score (nSPS) is 28.0. The second-order valence-electron chi connectivity index (χ2n) is 13.9. The molecule has 1 N–H and O–H groups in total. The third-order valence-electron chi connectivity index (χ3n) is 9.19. The largest absolute Gasteiger partial charge is 0.497 e. The fourth-order valence-electron chi connectivity index (χ4n) is 6.78. The van der Waals surface area contributed by atoms with Crippen LogP contribution in [0.2, 0.25) is 16.6 Å². The molecule has 4 atom stereocenters. The fraction of sp³-hybridized carbons (Fsp3) is 0.812. The molecule has 3 rings (SSSR count). The molecular formula is C32H56O7Si. The van der Waals surface area contributed by atoms with Gasteiger partial charge in [-0.15, -0.1) is 0 Å². The second kappa shape index (κ2) is 14.0. The summed E-state index contributed by atoms with van der Waals surface area (Å²) in [7, 11) is -0.478. The van der Waals surface area contributed by atoms with Crippen molar-refractivity contribution in [1.82, 2.24) is 0 Å². The van der Waals surface area contributed by atoms with E-state index in [9.17, 15) is 5.11 Å². The molecule has 2 aliphatic rings. The van der Waals surface area contributed by atoms with Gasteiger partial charge in [-0.05, 0) is 34.3 Å². The first-order chi connectivity index (χ1) is 18.8. The topological polar surface area (TPSA) is 75.6 Å². The van der Waals surface area contributed by atoms with Crippen LogP contribution in [0.1, 0.15) is 80.7 Å². The number of rotatable bonds is 13. The summed E-state index contributed by atoms with van der Waals surface area (Å²) in [5.41, 5.74) is 2.00. The van der Waals surface area contributed by atoms with E-state index < -0.39 is 13.7 Å². The molecule has 0 bridgehead atoms. The third-order valence-corrected chi connectivity index (χ3v) is 15.2. The van der Waals surface area contributed by atoms with Crippen molar-refractivity contribution in [2.45, 2.75) is 123 Å². The van der Waals surface area contributed by atoms with Gasteiger partial charge in [0, 0.05) is 30.3 Å². The van der Waals surface area contributed by atoms with E-state index in [0.717, 1.165) is 11.3 Å². The summed E-state index contributed by atoms with van der Waals surface area (Å²) in [6, 6.07) is 7.98. The van der Waals surface area contributed by atoms with Crippen LogP contribution in [0.3, 0.4) is 0 Å². The van der Waals surface area contributed by atoms with E-state index in [1.807, 2.05) is 24.3 Å². The molecule has 0 saturated carbocycles. The maximum atomic E-state index is 10.2. The van der Waals surface area contributed by atoms with Crippen LogP contribution in [-0.4, -0.2) is 71.6 Å². The maximum Gasteiger partial charge on any atom is 0.200 e. The van der Waals surface area contributed by atoms with E-state index in [1.165, 1.54) is 0 Å². The van der Waals surface area contributed by atoms with Crippen LogP contribution < -0.4 is 4.74 Å². The van der Waals surface area contributed by atoms with Gasteiger partial charge in [0.05, 0.1) is 51.8 Å². The van der Waals surface area contributed by atoms with E-state index in [1.54, 1.807) is 7.11 Å². The first-order valence-electron chi connectivity index (χ1n) is 15.2. The third kappa shape index (κ3) is 7.68. The Morgan fingerprint density at radius 3 is 2.02 bits per heavy atom. The number of benzene rings is 1. The van der Waals surface area contributed by atoms with Crippen molar-refractivity contribution < 1.29 is 33.2 Å². The highest BCUT2D eigenvalue weighted by Crippen LogP contribution is 2.47. The molecule has 0 aliphatic carbocycles. The summed E-state index contributed by atoms with van der Waals surface area (Å²) >= 11 is 0. The zero-order valence-corrected chi connectivity index (χ0v) is 27.7. The molecule has 0 aromatic heterocycles. The van der Waals surface area contributed by atoms with E-state index in [0.29, 0.717) is 55.9 Å². The van der Waals surface area contributed by atoms with Crippen LogP contribution in [0.5, 0.6) is 5.75 Å². The van der Waals surface area contributed by atoms with Gasteiger partial charge in [0.1, 0.15) is 5.75 Å². The lowest BCUT2D eigenvalue weighted by molar-refractivity contribution is -0.266. The van der Waals surface area contributed by atoms with Gasteiger partial charge in [0.25, 0.3) is 0 Å². The highest BCUT2D eigenvalue weighted by molar-refractivity contribution is 6.77. The Hall–Kier alpha value is -1.00. The standard InChI is InChI=1S/C32H56O7Si/c1-22(2)40(23(3)4,24(5)6)38-21-32(9)28(35-18-25-11-13-26(34-10)14-12-25)15-27(17-33)39-29(32)16-30-36-19-31(7,8)20-37-30/h11-14,22-24,27-30,33H,15-21H2,1-10H3/t27-,28+,29-,32+/m1/s1. The van der Waals surface area contributed by atoms with E-state index in [-0.39, 0.29) is 36.6 Å². The Kier molecular flexibility index (Phi) is 11.7. The number of methoxy groups -OCH3 is 1. The molecule has 1 aromatic carbocycles. The van der Waals surface area contributed by atoms with Crippen molar-refractivity contribution in [3.05, 3.63) is 29.8 Å². The molecule has 0 spiro atoms. The van der Waals surface area contributed by atoms with Gasteiger partial charge in [-0.2, -0.15) is 0 Å². The molecule has 8 heteroatoms. The summed E-state index contributed by atoms with van der Waals surface area (Å²) in [5, 5.41) is 10.2. The highest BCUT2D eigenvalue weighted by Gasteiger charge is 2.53. The van der Waals surface area contributed by atoms with Crippen LogP contribution in [0.4, 0.5) is 0 Å². The van der Waals surface area contributed by atoms with E-state index in [4.69, 9.17) is 28.1 Å². The molecule has 2 heterocycles. The number of hydrogen-bond acceptors (Lipinski definition) is 7. The zero-order chi connectivity index (χ0) is 29.7. The summed E-state index contributed by atoms with van der Waals surface area (Å²) in [6.45, 7) is 22.6.